The molecule has 1 heterocycles. The fraction of sp³-hybridized carbons (Fsp3) is 0.933. The molecule has 2 saturated carbocycles. The minimum atomic E-state index is -0.241. The van der Waals surface area contributed by atoms with Crippen LogP contribution in [0, 0.1) is 17.8 Å². The normalized spacial score (nSPS) is 42.4. The van der Waals surface area contributed by atoms with E-state index < -0.39 is 0 Å². The van der Waals surface area contributed by atoms with Crippen molar-refractivity contribution in [3.8, 4) is 0 Å². The number of rotatable bonds is 1. The second-order valence-electron chi connectivity index (χ2n) is 7.34. The van der Waals surface area contributed by atoms with Crippen molar-refractivity contribution in [3.05, 3.63) is 0 Å². The number of carbonyl (C=O) groups is 1. The van der Waals surface area contributed by atoms with Gasteiger partial charge in [0.2, 0.25) is 5.91 Å². The Morgan fingerprint density at radius 2 is 1.95 bits per heavy atom. The van der Waals surface area contributed by atoms with Crippen molar-refractivity contribution in [2.45, 2.75) is 57.8 Å². The first-order chi connectivity index (χ1) is 8.87. The molecule has 5 unspecified atom stereocenters. The minimum absolute atomic E-state index is 0. The highest BCUT2D eigenvalue weighted by Crippen LogP contribution is 2.48. The standard InChI is InChI=1S/C15H26N2O2.ClH/c1-9-7-17(8-15(2,3)19-9)14(18)12-10-4-5-11(6-10)13(12)16;/h9-13H,4-8,16H2,1-3H3;1H. The Labute approximate surface area is 127 Å². The predicted molar refractivity (Wildman–Crippen MR) is 80.8 cm³/mol. The lowest BCUT2D eigenvalue weighted by atomic mass is 9.83. The van der Waals surface area contributed by atoms with Gasteiger partial charge >= 0.3 is 0 Å². The molecule has 4 nitrogen and oxygen atoms in total. The fourth-order valence-corrected chi connectivity index (χ4v) is 4.53. The Morgan fingerprint density at radius 1 is 1.30 bits per heavy atom. The molecule has 2 N–H and O–H groups in total. The van der Waals surface area contributed by atoms with Crippen LogP contribution in [-0.4, -0.2) is 41.6 Å². The van der Waals surface area contributed by atoms with Crippen LogP contribution >= 0.6 is 12.4 Å². The molecule has 1 saturated heterocycles. The zero-order valence-corrected chi connectivity index (χ0v) is 13.5. The highest BCUT2D eigenvalue weighted by atomic mass is 35.5. The van der Waals surface area contributed by atoms with Gasteiger partial charge in [0.25, 0.3) is 0 Å². The second kappa shape index (κ2) is 5.47. The van der Waals surface area contributed by atoms with E-state index in [9.17, 15) is 4.79 Å². The summed E-state index contributed by atoms with van der Waals surface area (Å²) in [5.74, 6) is 1.47. The van der Waals surface area contributed by atoms with Crippen molar-refractivity contribution in [2.75, 3.05) is 13.1 Å². The van der Waals surface area contributed by atoms with Gasteiger partial charge < -0.3 is 15.4 Å². The molecule has 0 aromatic rings. The maximum atomic E-state index is 12.8. The number of halogens is 1. The molecule has 2 bridgehead atoms. The van der Waals surface area contributed by atoms with Crippen LogP contribution in [-0.2, 0) is 9.53 Å². The third kappa shape index (κ3) is 2.70. The third-order valence-electron chi connectivity index (χ3n) is 5.15. The quantitative estimate of drug-likeness (QED) is 0.804. The Bertz CT molecular complexity index is 386. The van der Waals surface area contributed by atoms with Gasteiger partial charge in [-0.3, -0.25) is 4.79 Å². The molecule has 0 spiro atoms. The topological polar surface area (TPSA) is 55.6 Å². The molecule has 0 aromatic heterocycles. The number of hydrogen-bond donors (Lipinski definition) is 1. The average Bonchev–Trinajstić information content (AvgIpc) is 2.85. The molecule has 5 atom stereocenters. The average molecular weight is 303 g/mol. The first-order valence-electron chi connectivity index (χ1n) is 7.59. The summed E-state index contributed by atoms with van der Waals surface area (Å²) in [5, 5.41) is 0. The van der Waals surface area contributed by atoms with E-state index in [1.54, 1.807) is 0 Å². The van der Waals surface area contributed by atoms with Gasteiger partial charge in [0.1, 0.15) is 0 Å². The lowest BCUT2D eigenvalue weighted by Gasteiger charge is -2.43. The van der Waals surface area contributed by atoms with E-state index in [-0.39, 0.29) is 42.0 Å². The van der Waals surface area contributed by atoms with Gasteiger partial charge in [-0.05, 0) is 51.9 Å². The van der Waals surface area contributed by atoms with Gasteiger partial charge in [0.15, 0.2) is 0 Å². The van der Waals surface area contributed by atoms with Crippen molar-refractivity contribution in [3.63, 3.8) is 0 Å². The third-order valence-corrected chi connectivity index (χ3v) is 5.15. The summed E-state index contributed by atoms with van der Waals surface area (Å²) in [7, 11) is 0. The van der Waals surface area contributed by atoms with Gasteiger partial charge in [-0.1, -0.05) is 0 Å². The molecule has 3 aliphatic rings. The largest absolute Gasteiger partial charge is 0.369 e. The lowest BCUT2D eigenvalue weighted by Crippen LogP contribution is -2.57. The van der Waals surface area contributed by atoms with E-state index in [4.69, 9.17) is 10.5 Å². The maximum absolute atomic E-state index is 12.8. The smallest absolute Gasteiger partial charge is 0.227 e. The van der Waals surface area contributed by atoms with Crippen LogP contribution in [0.4, 0.5) is 0 Å². The summed E-state index contributed by atoms with van der Waals surface area (Å²) < 4.78 is 5.88. The summed E-state index contributed by atoms with van der Waals surface area (Å²) in [5.41, 5.74) is 6.05. The molecular formula is C15H27ClN2O2. The van der Waals surface area contributed by atoms with E-state index in [0.29, 0.717) is 24.9 Å². The number of fused-ring (bicyclic) bond motifs is 2. The van der Waals surface area contributed by atoms with Gasteiger partial charge in [-0.25, -0.2) is 0 Å². The number of carbonyl (C=O) groups excluding carboxylic acids is 1. The molecule has 1 amide bonds. The molecule has 3 fully saturated rings. The van der Waals surface area contributed by atoms with Gasteiger partial charge in [-0.2, -0.15) is 0 Å². The van der Waals surface area contributed by atoms with Crippen LogP contribution in [0.1, 0.15) is 40.0 Å². The Hall–Kier alpha value is -0.320. The minimum Gasteiger partial charge on any atom is -0.369 e. The van der Waals surface area contributed by atoms with Gasteiger partial charge in [0.05, 0.1) is 17.6 Å². The van der Waals surface area contributed by atoms with Crippen molar-refractivity contribution < 1.29 is 9.53 Å². The summed E-state index contributed by atoms with van der Waals surface area (Å²) in [6.45, 7) is 7.56. The number of nitrogens with two attached hydrogens (primary N) is 1. The summed E-state index contributed by atoms with van der Waals surface area (Å²) >= 11 is 0. The predicted octanol–water partition coefficient (Wildman–Crippen LogP) is 1.81. The van der Waals surface area contributed by atoms with Crippen molar-refractivity contribution in [1.82, 2.24) is 4.90 Å². The van der Waals surface area contributed by atoms with E-state index >= 15 is 0 Å². The van der Waals surface area contributed by atoms with E-state index in [0.717, 1.165) is 0 Å². The number of hydrogen-bond acceptors (Lipinski definition) is 3. The summed E-state index contributed by atoms with van der Waals surface area (Å²) in [4.78, 5) is 14.8. The van der Waals surface area contributed by atoms with Crippen molar-refractivity contribution in [1.29, 1.82) is 0 Å². The number of morpholine rings is 1. The fourth-order valence-electron chi connectivity index (χ4n) is 4.53. The van der Waals surface area contributed by atoms with E-state index in [1.165, 1.54) is 19.3 Å². The molecule has 116 valence electrons. The zero-order chi connectivity index (χ0) is 13.8. The Kier molecular flexibility index (Phi) is 4.39. The Balaban J connectivity index is 0.00000147. The van der Waals surface area contributed by atoms with Crippen LogP contribution in [0.5, 0.6) is 0 Å². The molecular weight excluding hydrogens is 276 g/mol. The molecule has 5 heteroatoms. The first kappa shape index (κ1) is 16.1. The summed E-state index contributed by atoms with van der Waals surface area (Å²) in [6.07, 6.45) is 3.70. The molecule has 20 heavy (non-hydrogen) atoms. The van der Waals surface area contributed by atoms with Crippen LogP contribution < -0.4 is 5.73 Å². The first-order valence-corrected chi connectivity index (χ1v) is 7.59. The zero-order valence-electron chi connectivity index (χ0n) is 12.7. The van der Waals surface area contributed by atoms with Gasteiger partial charge in [0, 0.05) is 19.1 Å². The van der Waals surface area contributed by atoms with Crippen molar-refractivity contribution >= 4 is 18.3 Å². The number of amides is 1. The monoisotopic (exact) mass is 302 g/mol. The maximum Gasteiger partial charge on any atom is 0.227 e. The highest BCUT2D eigenvalue weighted by Gasteiger charge is 2.51. The van der Waals surface area contributed by atoms with Crippen molar-refractivity contribution in [2.24, 2.45) is 23.5 Å². The van der Waals surface area contributed by atoms with Crippen LogP contribution in [0.15, 0.2) is 0 Å². The molecule has 0 radical (unpaired) electrons. The molecule has 2 aliphatic carbocycles. The van der Waals surface area contributed by atoms with Crippen LogP contribution in [0.3, 0.4) is 0 Å². The summed E-state index contributed by atoms with van der Waals surface area (Å²) in [6, 6.07) is 0.0903. The lowest BCUT2D eigenvalue weighted by molar-refractivity contribution is -0.163. The number of nitrogens with zero attached hydrogens (tertiary/aromatic N) is 1. The van der Waals surface area contributed by atoms with Crippen LogP contribution in [0.2, 0.25) is 0 Å². The molecule has 3 rings (SSSR count). The van der Waals surface area contributed by atoms with Crippen LogP contribution in [0.25, 0.3) is 0 Å². The SMILES string of the molecule is CC1CN(C(=O)C2C3CCC(C3)C2N)CC(C)(C)O1.Cl. The highest BCUT2D eigenvalue weighted by molar-refractivity contribution is 5.85. The second-order valence-corrected chi connectivity index (χ2v) is 7.34. The van der Waals surface area contributed by atoms with Gasteiger partial charge in [-0.15, -0.1) is 12.4 Å². The van der Waals surface area contributed by atoms with E-state index in [2.05, 4.69) is 13.8 Å². The molecule has 0 aromatic carbocycles. The Morgan fingerprint density at radius 3 is 2.50 bits per heavy atom. The van der Waals surface area contributed by atoms with E-state index in [1.807, 2.05) is 11.8 Å². The number of ether oxygens (including phenoxy) is 1. The molecule has 1 aliphatic heterocycles.